The Labute approximate surface area is 197 Å². The molecule has 1 aliphatic heterocycles. The maximum Gasteiger partial charge on any atom is 0.267 e. The van der Waals surface area contributed by atoms with Gasteiger partial charge in [0.2, 0.25) is 0 Å². The highest BCUT2D eigenvalue weighted by Gasteiger charge is 2.34. The van der Waals surface area contributed by atoms with E-state index >= 15 is 0 Å². The van der Waals surface area contributed by atoms with E-state index in [4.69, 9.17) is 9.15 Å². The van der Waals surface area contributed by atoms with Crippen LogP contribution in [0, 0.1) is 0 Å². The predicted octanol–water partition coefficient (Wildman–Crippen LogP) is 5.26. The van der Waals surface area contributed by atoms with Gasteiger partial charge in [0.25, 0.3) is 5.91 Å². The zero-order chi connectivity index (χ0) is 22.5. The zero-order valence-corrected chi connectivity index (χ0v) is 19.3. The van der Waals surface area contributed by atoms with Crippen LogP contribution >= 0.6 is 27.7 Å². The number of nitrogens with zero attached hydrogens (tertiary/aromatic N) is 3. The molecule has 9 heteroatoms. The van der Waals surface area contributed by atoms with E-state index in [0.29, 0.717) is 27.1 Å². The molecule has 4 rings (SSSR count). The Morgan fingerprint density at radius 2 is 1.97 bits per heavy atom. The van der Waals surface area contributed by atoms with Crippen LogP contribution < -0.4 is 4.74 Å². The first-order valence-corrected chi connectivity index (χ1v) is 11.1. The quantitative estimate of drug-likeness (QED) is 0.277. The molecule has 3 aromatic rings. The molecule has 0 atom stereocenters. The summed E-state index contributed by atoms with van der Waals surface area (Å²) in [6.45, 7) is 0.248. The largest absolute Gasteiger partial charge is 0.504 e. The molecule has 2 heterocycles. The smallest absolute Gasteiger partial charge is 0.267 e. The molecule has 1 N–H and O–H groups in total. The lowest BCUT2D eigenvalue weighted by Crippen LogP contribution is -2.28. The summed E-state index contributed by atoms with van der Waals surface area (Å²) in [5.74, 6) is 0.852. The maximum absolute atomic E-state index is 13.1. The fraction of sp³-hybridized carbons (Fsp3) is 0.0870. The van der Waals surface area contributed by atoms with Gasteiger partial charge in [0.05, 0.1) is 31.0 Å². The van der Waals surface area contributed by atoms with Crippen molar-refractivity contribution < 1.29 is 19.1 Å². The number of halogens is 1. The van der Waals surface area contributed by atoms with Crippen molar-refractivity contribution in [3.05, 3.63) is 87.1 Å². The molecule has 0 saturated carbocycles. The Kier molecular flexibility index (Phi) is 6.77. The van der Waals surface area contributed by atoms with Crippen molar-refractivity contribution in [2.24, 2.45) is 10.2 Å². The minimum absolute atomic E-state index is 0.0419. The Balaban J connectivity index is 1.61. The SMILES string of the molecule is COc1cc(/C=N\N=C2\S/C(=C\c3ccc(Br)cc3)C(=O)N2Cc2ccco2)ccc1O. The normalized spacial score (nSPS) is 16.6. The van der Waals surface area contributed by atoms with Crippen LogP contribution in [0.4, 0.5) is 0 Å². The molecule has 1 aliphatic rings. The standard InChI is InChI=1S/C23H18BrN3O4S/c1-30-20-11-16(6-9-19(20)28)13-25-26-23-27(14-18-3-2-10-31-18)22(29)21(32-23)12-15-4-7-17(24)8-5-15/h2-13,28H,14H2,1H3/b21-12-,25-13-,26-23+. The van der Waals surface area contributed by atoms with Crippen molar-refractivity contribution in [2.75, 3.05) is 7.11 Å². The summed E-state index contributed by atoms with van der Waals surface area (Å²) in [7, 11) is 1.47. The number of methoxy groups -OCH3 is 1. The van der Waals surface area contributed by atoms with E-state index in [1.54, 1.807) is 30.5 Å². The third-order valence-electron chi connectivity index (χ3n) is 4.50. The molecule has 1 fully saturated rings. The highest BCUT2D eigenvalue weighted by atomic mass is 79.9. The average molecular weight is 512 g/mol. The highest BCUT2D eigenvalue weighted by Crippen LogP contribution is 2.34. The molecule has 32 heavy (non-hydrogen) atoms. The van der Waals surface area contributed by atoms with E-state index in [9.17, 15) is 9.90 Å². The van der Waals surface area contributed by atoms with Crippen molar-refractivity contribution in [1.82, 2.24) is 4.90 Å². The molecule has 1 amide bonds. The summed E-state index contributed by atoms with van der Waals surface area (Å²) in [4.78, 5) is 15.1. The minimum atomic E-state index is -0.172. The molecule has 0 aliphatic carbocycles. The number of ether oxygens (including phenoxy) is 1. The summed E-state index contributed by atoms with van der Waals surface area (Å²) in [6.07, 6.45) is 4.92. The van der Waals surface area contributed by atoms with E-state index in [-0.39, 0.29) is 18.2 Å². The van der Waals surface area contributed by atoms with E-state index in [1.807, 2.05) is 30.3 Å². The average Bonchev–Trinajstić information content (AvgIpc) is 3.41. The molecular formula is C23H18BrN3O4S. The minimum Gasteiger partial charge on any atom is -0.504 e. The monoisotopic (exact) mass is 511 g/mol. The van der Waals surface area contributed by atoms with Gasteiger partial charge in [-0.3, -0.25) is 9.69 Å². The fourth-order valence-electron chi connectivity index (χ4n) is 2.91. The summed E-state index contributed by atoms with van der Waals surface area (Å²) >= 11 is 4.66. The number of aromatic hydroxyl groups is 1. The third-order valence-corrected chi connectivity index (χ3v) is 6.03. The first-order valence-electron chi connectivity index (χ1n) is 9.51. The second-order valence-electron chi connectivity index (χ2n) is 6.69. The Bertz CT molecular complexity index is 1200. The summed E-state index contributed by atoms with van der Waals surface area (Å²) in [5.41, 5.74) is 1.60. The highest BCUT2D eigenvalue weighted by molar-refractivity contribution is 9.10. The number of furan rings is 1. The van der Waals surface area contributed by atoms with E-state index in [2.05, 4.69) is 26.1 Å². The molecule has 7 nitrogen and oxygen atoms in total. The van der Waals surface area contributed by atoms with E-state index in [0.717, 1.165) is 10.0 Å². The van der Waals surface area contributed by atoms with Crippen LogP contribution in [0.5, 0.6) is 11.5 Å². The van der Waals surface area contributed by atoms with Gasteiger partial charge in [0.15, 0.2) is 16.7 Å². The van der Waals surface area contributed by atoms with E-state index < -0.39 is 0 Å². The topological polar surface area (TPSA) is 87.6 Å². The fourth-order valence-corrected chi connectivity index (χ4v) is 4.11. The first kappa shape index (κ1) is 21.9. The van der Waals surface area contributed by atoms with Gasteiger partial charge >= 0.3 is 0 Å². The van der Waals surface area contributed by atoms with Gasteiger partial charge in [-0.15, -0.1) is 5.10 Å². The van der Waals surface area contributed by atoms with Gasteiger partial charge in [0, 0.05) is 4.47 Å². The maximum atomic E-state index is 13.1. The molecule has 1 saturated heterocycles. The molecule has 0 radical (unpaired) electrons. The van der Waals surface area contributed by atoms with Crippen LogP contribution in [0.15, 0.2) is 84.9 Å². The summed E-state index contributed by atoms with van der Waals surface area (Å²) in [5, 5.41) is 18.6. The van der Waals surface area contributed by atoms with Crippen LogP contribution in [0.3, 0.4) is 0 Å². The van der Waals surface area contributed by atoms with Gasteiger partial charge in [-0.1, -0.05) is 28.1 Å². The van der Waals surface area contributed by atoms with Gasteiger partial charge in [-0.25, -0.2) is 0 Å². The second-order valence-corrected chi connectivity index (χ2v) is 8.62. The van der Waals surface area contributed by atoms with Crippen molar-refractivity contribution in [3.63, 3.8) is 0 Å². The third kappa shape index (κ3) is 5.12. The number of phenols is 1. The molecule has 0 bridgehead atoms. The van der Waals surface area contributed by atoms with Crippen molar-refractivity contribution in [1.29, 1.82) is 0 Å². The number of thioether (sulfide) groups is 1. The number of carbonyl (C=O) groups excluding carboxylic acids is 1. The molecule has 2 aromatic carbocycles. The molecular weight excluding hydrogens is 494 g/mol. The Morgan fingerprint density at radius 3 is 2.69 bits per heavy atom. The number of benzene rings is 2. The van der Waals surface area contributed by atoms with Gasteiger partial charge < -0.3 is 14.3 Å². The Morgan fingerprint density at radius 1 is 1.19 bits per heavy atom. The Hall–Kier alpha value is -3.30. The predicted molar refractivity (Wildman–Crippen MR) is 129 cm³/mol. The number of carbonyl (C=O) groups is 1. The van der Waals surface area contributed by atoms with Crippen molar-refractivity contribution in [3.8, 4) is 11.5 Å². The van der Waals surface area contributed by atoms with Gasteiger partial charge in [-0.05, 0) is 71.4 Å². The van der Waals surface area contributed by atoms with Crippen LogP contribution in [0.2, 0.25) is 0 Å². The first-order chi connectivity index (χ1) is 15.5. The van der Waals surface area contributed by atoms with Gasteiger partial charge in [-0.2, -0.15) is 5.10 Å². The van der Waals surface area contributed by atoms with Crippen molar-refractivity contribution in [2.45, 2.75) is 6.54 Å². The second kappa shape index (κ2) is 9.88. The molecule has 162 valence electrons. The zero-order valence-electron chi connectivity index (χ0n) is 16.9. The molecule has 0 unspecified atom stereocenters. The number of phenolic OH excluding ortho intramolecular Hbond substituents is 1. The van der Waals surface area contributed by atoms with Crippen LogP contribution in [0.25, 0.3) is 6.08 Å². The lowest BCUT2D eigenvalue weighted by atomic mass is 10.2. The van der Waals surface area contributed by atoms with Crippen LogP contribution in [0.1, 0.15) is 16.9 Å². The molecule has 1 aromatic heterocycles. The number of amidine groups is 1. The summed E-state index contributed by atoms with van der Waals surface area (Å²) in [6, 6.07) is 16.1. The van der Waals surface area contributed by atoms with Crippen LogP contribution in [-0.2, 0) is 11.3 Å². The van der Waals surface area contributed by atoms with Crippen LogP contribution in [-0.4, -0.2) is 34.4 Å². The van der Waals surface area contributed by atoms with Crippen molar-refractivity contribution >= 4 is 51.1 Å². The number of amides is 1. The lowest BCUT2D eigenvalue weighted by Gasteiger charge is -2.12. The van der Waals surface area contributed by atoms with Gasteiger partial charge in [0.1, 0.15) is 5.76 Å². The molecule has 0 spiro atoms. The lowest BCUT2D eigenvalue weighted by molar-refractivity contribution is -0.122. The van der Waals surface area contributed by atoms with E-state index in [1.165, 1.54) is 36.1 Å². The summed E-state index contributed by atoms with van der Waals surface area (Å²) < 4.78 is 11.5. The number of hydrogen-bond donors (Lipinski definition) is 1. The number of hydrogen-bond acceptors (Lipinski definition) is 7. The number of rotatable bonds is 6.